The van der Waals surface area contributed by atoms with Gasteiger partial charge in [-0.2, -0.15) is 0 Å². The molecule has 1 heterocycles. The van der Waals surface area contributed by atoms with Crippen molar-refractivity contribution >= 4 is 11.8 Å². The Kier molecular flexibility index (Phi) is 3.72. The highest BCUT2D eigenvalue weighted by Crippen LogP contribution is 2.31. The number of benzene rings is 2. The maximum absolute atomic E-state index is 13.5. The third-order valence-electron chi connectivity index (χ3n) is 3.36. The molecule has 0 aliphatic rings. The molecule has 3 N–H and O–H groups in total. The summed E-state index contributed by atoms with van der Waals surface area (Å²) in [6.45, 7) is 0. The minimum absolute atomic E-state index is 0.0390. The molecule has 3 aromatic rings. The molecule has 114 valence electrons. The van der Waals surface area contributed by atoms with Crippen LogP contribution in [0.3, 0.4) is 0 Å². The van der Waals surface area contributed by atoms with Crippen LogP contribution in [-0.2, 0) is 0 Å². The van der Waals surface area contributed by atoms with Gasteiger partial charge < -0.3 is 10.8 Å². The number of carboxylic acids is 1. The van der Waals surface area contributed by atoms with Crippen LogP contribution in [0.5, 0.6) is 0 Å². The normalized spacial score (nSPS) is 10.5. The van der Waals surface area contributed by atoms with Crippen LogP contribution in [-0.4, -0.2) is 21.0 Å². The molecule has 3 rings (SSSR count). The Labute approximate surface area is 131 Å². The van der Waals surface area contributed by atoms with Crippen LogP contribution in [0.1, 0.15) is 10.4 Å². The van der Waals surface area contributed by atoms with Crippen molar-refractivity contribution in [1.29, 1.82) is 0 Å². The van der Waals surface area contributed by atoms with Crippen LogP contribution in [0.15, 0.2) is 54.9 Å². The van der Waals surface area contributed by atoms with Crippen LogP contribution >= 0.6 is 0 Å². The molecule has 0 bridgehead atoms. The lowest BCUT2D eigenvalue weighted by Crippen LogP contribution is -2.04. The Morgan fingerprint density at radius 1 is 1.04 bits per heavy atom. The van der Waals surface area contributed by atoms with Gasteiger partial charge in [-0.25, -0.2) is 14.2 Å². The lowest BCUT2D eigenvalue weighted by atomic mass is 9.94. The van der Waals surface area contributed by atoms with E-state index in [0.717, 1.165) is 0 Å². The fraction of sp³-hybridized carbons (Fsp3) is 0. The molecule has 0 atom stereocenters. The van der Waals surface area contributed by atoms with Gasteiger partial charge in [-0.15, -0.1) is 0 Å². The average Bonchev–Trinajstić information content (AvgIpc) is 2.55. The molecule has 0 saturated heterocycles. The summed E-state index contributed by atoms with van der Waals surface area (Å²) in [4.78, 5) is 19.8. The van der Waals surface area contributed by atoms with E-state index >= 15 is 0 Å². The molecule has 0 radical (unpaired) electrons. The highest BCUT2D eigenvalue weighted by molar-refractivity contribution is 6.02. The molecule has 23 heavy (non-hydrogen) atoms. The molecule has 0 amide bonds. The summed E-state index contributed by atoms with van der Waals surface area (Å²) in [5, 5.41) is 9.63. The van der Waals surface area contributed by atoms with Gasteiger partial charge in [0.05, 0.1) is 23.7 Å². The number of anilines is 1. The molecule has 5 nitrogen and oxygen atoms in total. The molecule has 2 aromatic carbocycles. The SMILES string of the molecule is Nc1cnc(-c2cccc(-c3cccc(F)c3)c2C(=O)O)cn1. The predicted molar refractivity (Wildman–Crippen MR) is 84.2 cm³/mol. The van der Waals surface area contributed by atoms with Gasteiger partial charge in [0.25, 0.3) is 0 Å². The lowest BCUT2D eigenvalue weighted by Gasteiger charge is -2.11. The fourth-order valence-electron chi connectivity index (χ4n) is 2.37. The molecule has 0 fully saturated rings. The largest absolute Gasteiger partial charge is 0.478 e. The van der Waals surface area contributed by atoms with Crippen molar-refractivity contribution in [2.24, 2.45) is 0 Å². The van der Waals surface area contributed by atoms with Gasteiger partial charge in [0.1, 0.15) is 11.6 Å². The first-order valence-corrected chi connectivity index (χ1v) is 6.76. The molecule has 0 saturated carbocycles. The Hall–Kier alpha value is -3.28. The van der Waals surface area contributed by atoms with Gasteiger partial charge >= 0.3 is 5.97 Å². The molecule has 0 unspecified atom stereocenters. The second-order valence-electron chi connectivity index (χ2n) is 4.87. The number of carbonyl (C=O) groups is 1. The molecular weight excluding hydrogens is 297 g/mol. The zero-order valence-electron chi connectivity index (χ0n) is 11.9. The quantitative estimate of drug-likeness (QED) is 0.775. The zero-order valence-corrected chi connectivity index (χ0v) is 11.9. The van der Waals surface area contributed by atoms with Gasteiger partial charge in [0.15, 0.2) is 0 Å². The van der Waals surface area contributed by atoms with E-state index in [1.165, 1.54) is 30.6 Å². The first-order chi connectivity index (χ1) is 11.1. The Morgan fingerprint density at radius 3 is 2.43 bits per heavy atom. The third kappa shape index (κ3) is 2.87. The van der Waals surface area contributed by atoms with E-state index in [9.17, 15) is 14.3 Å². The fourth-order valence-corrected chi connectivity index (χ4v) is 2.37. The molecule has 0 aliphatic carbocycles. The maximum Gasteiger partial charge on any atom is 0.337 e. The number of nitrogens with zero attached hydrogens (tertiary/aromatic N) is 2. The number of carboxylic acid groups (broad SMARTS) is 1. The summed E-state index contributed by atoms with van der Waals surface area (Å²) in [6, 6.07) is 10.7. The Balaban J connectivity index is 2.24. The molecular formula is C17H12FN3O2. The predicted octanol–water partition coefficient (Wildman–Crippen LogP) is 3.23. The summed E-state index contributed by atoms with van der Waals surface area (Å²) in [5.41, 5.74) is 7.22. The molecule has 1 aromatic heterocycles. The van der Waals surface area contributed by atoms with Gasteiger partial charge in [-0.3, -0.25) is 4.98 Å². The van der Waals surface area contributed by atoms with Crippen LogP contribution < -0.4 is 5.73 Å². The van der Waals surface area contributed by atoms with E-state index in [0.29, 0.717) is 22.4 Å². The number of hydrogen-bond acceptors (Lipinski definition) is 4. The van der Waals surface area contributed by atoms with Crippen molar-refractivity contribution in [2.75, 3.05) is 5.73 Å². The smallest absolute Gasteiger partial charge is 0.337 e. The number of aromatic nitrogens is 2. The monoisotopic (exact) mass is 309 g/mol. The number of rotatable bonds is 3. The minimum Gasteiger partial charge on any atom is -0.478 e. The van der Waals surface area contributed by atoms with E-state index in [1.807, 2.05) is 0 Å². The summed E-state index contributed by atoms with van der Waals surface area (Å²) < 4.78 is 13.5. The van der Waals surface area contributed by atoms with E-state index < -0.39 is 11.8 Å². The average molecular weight is 309 g/mol. The second-order valence-corrected chi connectivity index (χ2v) is 4.87. The number of nitrogens with two attached hydrogens (primary N) is 1. The van der Waals surface area contributed by atoms with Crippen LogP contribution in [0.2, 0.25) is 0 Å². The zero-order chi connectivity index (χ0) is 16.4. The van der Waals surface area contributed by atoms with Crippen molar-refractivity contribution in [1.82, 2.24) is 9.97 Å². The van der Waals surface area contributed by atoms with Crippen molar-refractivity contribution in [3.8, 4) is 22.4 Å². The van der Waals surface area contributed by atoms with E-state index in [4.69, 9.17) is 5.73 Å². The standard InChI is InChI=1S/C17H12FN3O2/c18-11-4-1-3-10(7-11)12-5-2-6-13(16(12)17(22)23)14-8-21-15(19)9-20-14/h1-9H,(H2,19,21)(H,22,23). The molecule has 6 heteroatoms. The lowest BCUT2D eigenvalue weighted by molar-refractivity contribution is 0.0698. The first-order valence-electron chi connectivity index (χ1n) is 6.76. The summed E-state index contributed by atoms with van der Waals surface area (Å²) in [5.74, 6) is -1.32. The van der Waals surface area contributed by atoms with Gasteiger partial charge in [-0.05, 0) is 23.3 Å². The van der Waals surface area contributed by atoms with Gasteiger partial charge in [-0.1, -0.05) is 30.3 Å². The van der Waals surface area contributed by atoms with Gasteiger partial charge in [0.2, 0.25) is 0 Å². The summed E-state index contributed by atoms with van der Waals surface area (Å²) in [7, 11) is 0. The third-order valence-corrected chi connectivity index (χ3v) is 3.36. The number of hydrogen-bond donors (Lipinski definition) is 2. The van der Waals surface area contributed by atoms with Crippen molar-refractivity contribution < 1.29 is 14.3 Å². The Bertz CT molecular complexity index is 879. The van der Waals surface area contributed by atoms with Gasteiger partial charge in [0, 0.05) is 5.56 Å². The Morgan fingerprint density at radius 2 is 1.78 bits per heavy atom. The molecule has 0 spiro atoms. The van der Waals surface area contributed by atoms with E-state index in [1.54, 1.807) is 24.3 Å². The van der Waals surface area contributed by atoms with Crippen LogP contribution in [0.4, 0.5) is 10.2 Å². The number of halogens is 1. The summed E-state index contributed by atoms with van der Waals surface area (Å²) in [6.07, 6.45) is 2.77. The van der Waals surface area contributed by atoms with Crippen LogP contribution in [0, 0.1) is 5.82 Å². The van der Waals surface area contributed by atoms with E-state index in [2.05, 4.69) is 9.97 Å². The van der Waals surface area contributed by atoms with E-state index in [-0.39, 0.29) is 11.4 Å². The highest BCUT2D eigenvalue weighted by Gasteiger charge is 2.19. The van der Waals surface area contributed by atoms with Crippen LogP contribution in [0.25, 0.3) is 22.4 Å². The van der Waals surface area contributed by atoms with Crippen molar-refractivity contribution in [3.63, 3.8) is 0 Å². The summed E-state index contributed by atoms with van der Waals surface area (Å²) >= 11 is 0. The van der Waals surface area contributed by atoms with Crippen molar-refractivity contribution in [3.05, 3.63) is 66.2 Å². The number of nitrogen functional groups attached to an aromatic ring is 1. The number of aromatic carboxylic acids is 1. The molecule has 0 aliphatic heterocycles. The van der Waals surface area contributed by atoms with Crippen molar-refractivity contribution in [2.45, 2.75) is 0 Å². The second kappa shape index (κ2) is 5.84. The highest BCUT2D eigenvalue weighted by atomic mass is 19.1. The first kappa shape index (κ1) is 14.6. The topological polar surface area (TPSA) is 89.1 Å². The minimum atomic E-state index is -1.13. The maximum atomic E-state index is 13.5.